The van der Waals surface area contributed by atoms with Crippen molar-refractivity contribution in [2.45, 2.75) is 56.6 Å². The molecule has 1 aromatic heterocycles. The second-order valence-electron chi connectivity index (χ2n) is 9.58. The van der Waals surface area contributed by atoms with Gasteiger partial charge < -0.3 is 4.57 Å². The second kappa shape index (κ2) is 8.07. The highest BCUT2D eigenvalue weighted by molar-refractivity contribution is 7.90. The van der Waals surface area contributed by atoms with E-state index in [-0.39, 0.29) is 17.7 Å². The van der Waals surface area contributed by atoms with Crippen LogP contribution in [0.1, 0.15) is 49.8 Å². The van der Waals surface area contributed by atoms with Crippen LogP contribution in [0.2, 0.25) is 0 Å². The summed E-state index contributed by atoms with van der Waals surface area (Å²) in [5.74, 6) is -0.841. The predicted molar refractivity (Wildman–Crippen MR) is 123 cm³/mol. The fourth-order valence-electron chi connectivity index (χ4n) is 4.55. The molecule has 35 heavy (non-hydrogen) atoms. The van der Waals surface area contributed by atoms with Gasteiger partial charge in [0.2, 0.25) is 10.0 Å². The van der Waals surface area contributed by atoms with Gasteiger partial charge in [0.1, 0.15) is 5.82 Å². The first kappa shape index (κ1) is 23.8. The highest BCUT2D eigenvalue weighted by atomic mass is 32.2. The number of aromatic nitrogens is 1. The molecule has 2 aromatic carbocycles. The minimum atomic E-state index is -4.67. The number of benzene rings is 2. The molecule has 1 atom stereocenters. The number of sulfonamides is 1. The highest BCUT2D eigenvalue weighted by Crippen LogP contribution is 2.48. The molecule has 2 fully saturated rings. The number of hydrogen-bond acceptors (Lipinski definition) is 3. The molecule has 0 amide bonds. The fourth-order valence-corrected chi connectivity index (χ4v) is 6.12. The SMILES string of the molecule is C[C@@H](NS(=O)(=O)C1CC1)c1cn(CC2(C#N)CC2)c2cc(-c3ccccc3C(F)(F)F)c(F)cc12. The molecule has 0 bridgehead atoms. The maximum absolute atomic E-state index is 15.4. The van der Waals surface area contributed by atoms with Gasteiger partial charge in [-0.25, -0.2) is 17.5 Å². The van der Waals surface area contributed by atoms with Crippen LogP contribution in [0.15, 0.2) is 42.6 Å². The number of nitrogens with one attached hydrogen (secondary N) is 1. The molecule has 3 aromatic rings. The van der Waals surface area contributed by atoms with E-state index in [1.54, 1.807) is 17.7 Å². The number of alkyl halides is 3. The zero-order chi connectivity index (χ0) is 25.2. The van der Waals surface area contributed by atoms with Crippen molar-refractivity contribution in [1.82, 2.24) is 9.29 Å². The van der Waals surface area contributed by atoms with Crippen molar-refractivity contribution in [1.29, 1.82) is 5.26 Å². The van der Waals surface area contributed by atoms with Crippen LogP contribution in [0, 0.1) is 22.6 Å². The van der Waals surface area contributed by atoms with E-state index in [1.165, 1.54) is 24.3 Å². The van der Waals surface area contributed by atoms with E-state index >= 15 is 4.39 Å². The molecule has 1 heterocycles. The zero-order valence-electron chi connectivity index (χ0n) is 18.9. The molecule has 2 saturated carbocycles. The molecule has 0 radical (unpaired) electrons. The summed E-state index contributed by atoms with van der Waals surface area (Å²) < 4.78 is 85.7. The van der Waals surface area contributed by atoms with Gasteiger partial charge in [-0.1, -0.05) is 18.2 Å². The minimum Gasteiger partial charge on any atom is -0.346 e. The third kappa shape index (κ3) is 4.43. The Kier molecular flexibility index (Phi) is 5.49. The summed E-state index contributed by atoms with van der Waals surface area (Å²) in [6.45, 7) is 1.94. The highest BCUT2D eigenvalue weighted by Gasteiger charge is 2.44. The Bertz CT molecular complexity index is 1460. The van der Waals surface area contributed by atoms with Gasteiger partial charge in [0.15, 0.2) is 0 Å². The van der Waals surface area contributed by atoms with Gasteiger partial charge >= 0.3 is 6.18 Å². The molecule has 2 aliphatic rings. The Labute approximate surface area is 200 Å². The van der Waals surface area contributed by atoms with Crippen molar-refractivity contribution in [2.75, 3.05) is 0 Å². The molecule has 1 N–H and O–H groups in total. The van der Waals surface area contributed by atoms with Crippen LogP contribution >= 0.6 is 0 Å². The average Bonchev–Trinajstić information content (AvgIpc) is 3.71. The third-order valence-corrected chi connectivity index (χ3v) is 8.89. The Morgan fingerprint density at radius 1 is 1.20 bits per heavy atom. The molecule has 2 aliphatic carbocycles. The number of hydrogen-bond donors (Lipinski definition) is 1. The van der Waals surface area contributed by atoms with Crippen LogP contribution in [-0.4, -0.2) is 18.2 Å². The number of halogens is 4. The Balaban J connectivity index is 1.66. The molecule has 0 saturated heterocycles. The van der Waals surface area contributed by atoms with Gasteiger partial charge in [-0.2, -0.15) is 18.4 Å². The lowest BCUT2D eigenvalue weighted by atomic mass is 9.96. The molecule has 0 aliphatic heterocycles. The second-order valence-corrected chi connectivity index (χ2v) is 11.6. The van der Waals surface area contributed by atoms with Crippen LogP contribution in [0.4, 0.5) is 17.6 Å². The molecule has 0 spiro atoms. The van der Waals surface area contributed by atoms with E-state index in [2.05, 4.69) is 10.8 Å². The van der Waals surface area contributed by atoms with E-state index in [0.717, 1.165) is 12.1 Å². The Morgan fingerprint density at radius 3 is 2.49 bits per heavy atom. The molecular weight excluding hydrogens is 482 g/mol. The van der Waals surface area contributed by atoms with Crippen molar-refractivity contribution in [2.24, 2.45) is 5.41 Å². The monoisotopic (exact) mass is 505 g/mol. The number of nitriles is 1. The van der Waals surface area contributed by atoms with Gasteiger partial charge in [0.05, 0.1) is 22.3 Å². The summed E-state index contributed by atoms with van der Waals surface area (Å²) in [5.41, 5.74) is -1.06. The summed E-state index contributed by atoms with van der Waals surface area (Å²) in [6, 6.07) is 8.95. The van der Waals surface area contributed by atoms with E-state index in [9.17, 15) is 26.9 Å². The molecular formula is C25H23F4N3O2S. The summed E-state index contributed by atoms with van der Waals surface area (Å²) in [6.07, 6.45) is -0.433. The van der Waals surface area contributed by atoms with Crippen LogP contribution in [0.5, 0.6) is 0 Å². The smallest absolute Gasteiger partial charge is 0.346 e. The van der Waals surface area contributed by atoms with Crippen LogP contribution in [0.25, 0.3) is 22.0 Å². The Morgan fingerprint density at radius 2 is 1.89 bits per heavy atom. The van der Waals surface area contributed by atoms with Gasteiger partial charge in [-0.15, -0.1) is 0 Å². The average molecular weight is 506 g/mol. The maximum atomic E-state index is 15.4. The number of fused-ring (bicyclic) bond motifs is 1. The Hall–Kier alpha value is -2.90. The van der Waals surface area contributed by atoms with Crippen LogP contribution in [-0.2, 0) is 22.7 Å². The van der Waals surface area contributed by atoms with Gasteiger partial charge in [-0.3, -0.25) is 0 Å². The van der Waals surface area contributed by atoms with Gasteiger partial charge in [-0.05, 0) is 61.9 Å². The quantitative estimate of drug-likeness (QED) is 0.406. The summed E-state index contributed by atoms with van der Waals surface area (Å²) >= 11 is 0. The van der Waals surface area contributed by atoms with E-state index in [4.69, 9.17) is 0 Å². The largest absolute Gasteiger partial charge is 0.417 e. The van der Waals surface area contributed by atoms with Crippen molar-refractivity contribution in [3.63, 3.8) is 0 Å². The lowest BCUT2D eigenvalue weighted by Gasteiger charge is -2.15. The van der Waals surface area contributed by atoms with Crippen LogP contribution in [0.3, 0.4) is 0 Å². The minimum absolute atomic E-state index is 0.204. The molecule has 5 rings (SSSR count). The molecule has 184 valence electrons. The van der Waals surface area contributed by atoms with E-state index < -0.39 is 44.3 Å². The lowest BCUT2D eigenvalue weighted by Crippen LogP contribution is -2.29. The normalized spacial score (nSPS) is 18.4. The topological polar surface area (TPSA) is 74.9 Å². The van der Waals surface area contributed by atoms with Crippen molar-refractivity contribution in [3.05, 3.63) is 59.5 Å². The van der Waals surface area contributed by atoms with Gasteiger partial charge in [0.25, 0.3) is 0 Å². The first-order chi connectivity index (χ1) is 16.4. The summed E-state index contributed by atoms with van der Waals surface area (Å²) in [4.78, 5) is 0. The third-order valence-electron chi connectivity index (χ3n) is 6.86. The van der Waals surface area contributed by atoms with Crippen LogP contribution < -0.4 is 4.72 Å². The molecule has 5 nitrogen and oxygen atoms in total. The summed E-state index contributed by atoms with van der Waals surface area (Å²) in [5, 5.41) is 9.55. The van der Waals surface area contributed by atoms with E-state index in [0.29, 0.717) is 42.1 Å². The van der Waals surface area contributed by atoms with Crippen molar-refractivity contribution in [3.8, 4) is 17.2 Å². The standard InChI is InChI=1S/C25H23F4N3O2S/c1-15(31-35(33,34)16-6-7-16)20-12-32(14-24(13-30)8-9-24)23-11-18(22(26)10-19(20)23)17-4-2-3-5-21(17)25(27,28)29/h2-5,10-12,15-16,31H,6-9,14H2,1H3/t15-/m1/s1. The maximum Gasteiger partial charge on any atom is 0.417 e. The number of nitrogens with zero attached hydrogens (tertiary/aromatic N) is 2. The van der Waals surface area contributed by atoms with Crippen molar-refractivity contribution < 1.29 is 26.0 Å². The number of rotatable bonds is 7. The van der Waals surface area contributed by atoms with Gasteiger partial charge in [0, 0.05) is 35.2 Å². The van der Waals surface area contributed by atoms with Crippen molar-refractivity contribution >= 4 is 20.9 Å². The van der Waals surface area contributed by atoms with E-state index in [1.807, 2.05) is 0 Å². The molecule has 0 unspecified atom stereocenters. The first-order valence-corrected chi connectivity index (χ1v) is 12.9. The summed E-state index contributed by atoms with van der Waals surface area (Å²) in [7, 11) is -3.53. The first-order valence-electron chi connectivity index (χ1n) is 11.4. The fraction of sp³-hybridized carbons (Fsp3) is 0.400. The molecule has 10 heteroatoms. The lowest BCUT2D eigenvalue weighted by molar-refractivity contribution is -0.137. The predicted octanol–water partition coefficient (Wildman–Crippen LogP) is 5.91. The zero-order valence-corrected chi connectivity index (χ0v) is 19.7.